The number of benzene rings is 1. The van der Waals surface area contributed by atoms with E-state index in [9.17, 15) is 0 Å². The number of nitrogens with zero attached hydrogens (tertiary/aromatic N) is 1. The van der Waals surface area contributed by atoms with Gasteiger partial charge in [0.2, 0.25) is 0 Å². The summed E-state index contributed by atoms with van der Waals surface area (Å²) < 4.78 is 12.4. The maximum Gasteiger partial charge on any atom is 0.494 e. The summed E-state index contributed by atoms with van der Waals surface area (Å²) in [6.07, 6.45) is 0.988. The summed E-state index contributed by atoms with van der Waals surface area (Å²) in [5.41, 5.74) is 4.43. The molecule has 1 aromatic carbocycles. The van der Waals surface area contributed by atoms with E-state index in [2.05, 4.69) is 66.7 Å². The second kappa shape index (κ2) is 5.19. The summed E-state index contributed by atoms with van der Waals surface area (Å²) in [5.74, 6) is 0. The average molecular weight is 313 g/mol. The molecule has 0 amide bonds. The molecule has 0 unspecified atom stereocenters. The Hall–Kier alpha value is -1.13. The topological polar surface area (TPSA) is 30.8 Å². The summed E-state index contributed by atoms with van der Waals surface area (Å²) in [6.45, 7) is 15.9. The molecule has 0 radical (unpaired) electrons. The van der Waals surface area contributed by atoms with Gasteiger partial charge in [-0.3, -0.25) is 4.99 Å². The molecule has 3 rings (SSSR count). The Morgan fingerprint density at radius 2 is 1.65 bits per heavy atom. The Labute approximate surface area is 140 Å². The molecule has 2 heterocycles. The van der Waals surface area contributed by atoms with Crippen LogP contribution in [-0.2, 0) is 15.7 Å². The highest BCUT2D eigenvalue weighted by Crippen LogP contribution is 2.36. The van der Waals surface area contributed by atoms with Crippen LogP contribution in [0.4, 0.5) is 0 Å². The fourth-order valence-electron chi connectivity index (χ4n) is 3.19. The molecule has 0 saturated carbocycles. The average Bonchev–Trinajstić information content (AvgIpc) is 2.65. The first kappa shape index (κ1) is 16.7. The lowest BCUT2D eigenvalue weighted by Gasteiger charge is -2.32. The Balaban J connectivity index is 1.93. The Kier molecular flexibility index (Phi) is 3.77. The molecule has 1 aromatic rings. The highest BCUT2D eigenvalue weighted by molar-refractivity contribution is 6.62. The molecule has 2 aliphatic rings. The van der Waals surface area contributed by atoms with Crippen LogP contribution in [0, 0.1) is 5.41 Å². The van der Waals surface area contributed by atoms with Crippen molar-refractivity contribution in [1.29, 1.82) is 0 Å². The van der Waals surface area contributed by atoms with Crippen LogP contribution in [0.1, 0.15) is 59.6 Å². The number of aliphatic imine (C=N–C) groups is 1. The van der Waals surface area contributed by atoms with Gasteiger partial charge in [-0.15, -0.1) is 0 Å². The Bertz CT molecular complexity index is 640. The first-order chi connectivity index (χ1) is 10.5. The largest absolute Gasteiger partial charge is 0.494 e. The van der Waals surface area contributed by atoms with Gasteiger partial charge < -0.3 is 9.31 Å². The molecule has 1 fully saturated rings. The summed E-state index contributed by atoms with van der Waals surface area (Å²) in [7, 11) is -0.290. The van der Waals surface area contributed by atoms with Gasteiger partial charge in [0.05, 0.1) is 11.2 Å². The van der Waals surface area contributed by atoms with Crippen molar-refractivity contribution in [3.8, 4) is 0 Å². The van der Waals surface area contributed by atoms with Crippen molar-refractivity contribution in [2.45, 2.75) is 66.1 Å². The van der Waals surface area contributed by atoms with E-state index < -0.39 is 0 Å². The van der Waals surface area contributed by atoms with E-state index in [0.717, 1.165) is 18.4 Å². The summed E-state index contributed by atoms with van der Waals surface area (Å²) in [6, 6.07) is 6.57. The van der Waals surface area contributed by atoms with Crippen molar-refractivity contribution in [2.75, 3.05) is 6.54 Å². The van der Waals surface area contributed by atoms with E-state index >= 15 is 0 Å². The molecular weight excluding hydrogens is 285 g/mol. The predicted molar refractivity (Wildman–Crippen MR) is 96.7 cm³/mol. The molecule has 0 N–H and O–H groups in total. The zero-order valence-electron chi connectivity index (χ0n) is 15.5. The molecule has 3 nitrogen and oxygen atoms in total. The van der Waals surface area contributed by atoms with Crippen molar-refractivity contribution in [3.05, 3.63) is 29.3 Å². The third kappa shape index (κ3) is 2.87. The fraction of sp³-hybridized carbons (Fsp3) is 0.632. The molecule has 2 aliphatic heterocycles. The van der Waals surface area contributed by atoms with Gasteiger partial charge in [0.1, 0.15) is 0 Å². The molecule has 0 atom stereocenters. The zero-order chi connectivity index (χ0) is 17.0. The molecule has 0 bridgehead atoms. The minimum atomic E-state index is -0.300. The number of hydrogen-bond donors (Lipinski definition) is 0. The molecule has 0 aromatic heterocycles. The van der Waals surface area contributed by atoms with E-state index in [1.807, 2.05) is 0 Å². The van der Waals surface area contributed by atoms with Crippen LogP contribution in [0.5, 0.6) is 0 Å². The lowest BCUT2D eigenvalue weighted by Crippen LogP contribution is -2.41. The van der Waals surface area contributed by atoms with Crippen LogP contribution in [0.2, 0.25) is 0 Å². The monoisotopic (exact) mass is 313 g/mol. The van der Waals surface area contributed by atoms with Gasteiger partial charge in [0.15, 0.2) is 0 Å². The van der Waals surface area contributed by atoms with Crippen LogP contribution in [0.3, 0.4) is 0 Å². The molecule has 0 aliphatic carbocycles. The van der Waals surface area contributed by atoms with Crippen LogP contribution in [-0.4, -0.2) is 30.6 Å². The van der Waals surface area contributed by atoms with Gasteiger partial charge in [0, 0.05) is 17.7 Å². The second-order valence-corrected chi connectivity index (χ2v) is 8.74. The van der Waals surface area contributed by atoms with E-state index in [1.54, 1.807) is 0 Å². The zero-order valence-corrected chi connectivity index (χ0v) is 15.5. The maximum absolute atomic E-state index is 6.18. The third-order valence-corrected chi connectivity index (χ3v) is 5.27. The van der Waals surface area contributed by atoms with Crippen LogP contribution in [0.25, 0.3) is 0 Å². The van der Waals surface area contributed by atoms with Crippen molar-refractivity contribution < 1.29 is 9.31 Å². The summed E-state index contributed by atoms with van der Waals surface area (Å²) in [5, 5.41) is 0. The van der Waals surface area contributed by atoms with Gasteiger partial charge in [-0.05, 0) is 50.7 Å². The van der Waals surface area contributed by atoms with E-state index in [-0.39, 0.29) is 23.7 Å². The highest BCUT2D eigenvalue weighted by Gasteiger charge is 2.51. The first-order valence-electron chi connectivity index (χ1n) is 8.55. The number of fused-ring (bicyclic) bond motifs is 1. The van der Waals surface area contributed by atoms with Gasteiger partial charge in [-0.1, -0.05) is 39.0 Å². The van der Waals surface area contributed by atoms with Crippen LogP contribution >= 0.6 is 0 Å². The SMILES string of the molecule is CC(C)(C)C1=NCCc2cc(B3OC(C)(C)C(C)(C)O3)ccc21. The van der Waals surface area contributed by atoms with Gasteiger partial charge in [0.25, 0.3) is 0 Å². The lowest BCUT2D eigenvalue weighted by atomic mass is 9.75. The van der Waals surface area contributed by atoms with Crippen molar-refractivity contribution >= 4 is 18.3 Å². The van der Waals surface area contributed by atoms with Crippen molar-refractivity contribution in [2.24, 2.45) is 10.4 Å². The number of hydrogen-bond acceptors (Lipinski definition) is 3. The van der Waals surface area contributed by atoms with Crippen molar-refractivity contribution in [1.82, 2.24) is 0 Å². The standard InChI is InChI=1S/C19H28BNO2/c1-17(2,3)16-15-9-8-14(12-13(15)10-11-21-16)20-22-18(4,5)19(6,7)23-20/h8-9,12H,10-11H2,1-7H3. The third-order valence-electron chi connectivity index (χ3n) is 5.27. The number of rotatable bonds is 1. The highest BCUT2D eigenvalue weighted by atomic mass is 16.7. The first-order valence-corrected chi connectivity index (χ1v) is 8.55. The lowest BCUT2D eigenvalue weighted by molar-refractivity contribution is 0.00578. The van der Waals surface area contributed by atoms with Gasteiger partial charge >= 0.3 is 7.12 Å². The Morgan fingerprint density at radius 3 is 2.22 bits per heavy atom. The smallest absolute Gasteiger partial charge is 0.399 e. The van der Waals surface area contributed by atoms with E-state index in [4.69, 9.17) is 14.3 Å². The summed E-state index contributed by atoms with van der Waals surface area (Å²) in [4.78, 5) is 4.77. The molecule has 4 heteroatoms. The minimum absolute atomic E-state index is 0.0705. The molecule has 1 saturated heterocycles. The van der Waals surface area contributed by atoms with Gasteiger partial charge in [-0.25, -0.2) is 0 Å². The summed E-state index contributed by atoms with van der Waals surface area (Å²) >= 11 is 0. The van der Waals surface area contributed by atoms with Crippen LogP contribution in [0.15, 0.2) is 23.2 Å². The van der Waals surface area contributed by atoms with Crippen LogP contribution < -0.4 is 5.46 Å². The van der Waals surface area contributed by atoms with Gasteiger partial charge in [-0.2, -0.15) is 0 Å². The fourth-order valence-corrected chi connectivity index (χ4v) is 3.19. The molecular formula is C19H28BNO2. The van der Waals surface area contributed by atoms with E-state index in [0.29, 0.717) is 0 Å². The van der Waals surface area contributed by atoms with Crippen molar-refractivity contribution in [3.63, 3.8) is 0 Å². The predicted octanol–water partition coefficient (Wildman–Crippen LogP) is 3.38. The Morgan fingerprint density at radius 1 is 1.04 bits per heavy atom. The minimum Gasteiger partial charge on any atom is -0.399 e. The maximum atomic E-state index is 6.18. The normalized spacial score (nSPS) is 22.7. The van der Waals surface area contributed by atoms with E-state index in [1.165, 1.54) is 16.8 Å². The molecule has 0 spiro atoms. The molecule has 23 heavy (non-hydrogen) atoms. The second-order valence-electron chi connectivity index (χ2n) is 8.74. The quantitative estimate of drug-likeness (QED) is 0.744. The molecule has 124 valence electrons.